The molecule has 1 aliphatic rings. The third kappa shape index (κ3) is 4.13. The summed E-state index contributed by atoms with van der Waals surface area (Å²) in [5, 5.41) is -0.571. The predicted molar refractivity (Wildman–Crippen MR) is 95.4 cm³/mol. The Morgan fingerprint density at radius 3 is 2.36 bits per heavy atom. The van der Waals surface area contributed by atoms with Gasteiger partial charge >= 0.3 is 6.18 Å². The van der Waals surface area contributed by atoms with Crippen molar-refractivity contribution in [1.29, 1.82) is 0 Å². The van der Waals surface area contributed by atoms with Crippen molar-refractivity contribution in [3.05, 3.63) is 58.9 Å². The van der Waals surface area contributed by atoms with Crippen LogP contribution in [0.25, 0.3) is 0 Å². The summed E-state index contributed by atoms with van der Waals surface area (Å²) in [4.78, 5) is 17.3. The van der Waals surface area contributed by atoms with Crippen LogP contribution in [0.4, 0.5) is 13.2 Å². The van der Waals surface area contributed by atoms with Gasteiger partial charge in [0.05, 0.1) is 21.0 Å². The van der Waals surface area contributed by atoms with E-state index in [0.717, 1.165) is 16.4 Å². The molecule has 6 nitrogen and oxygen atoms in total. The number of alkyl halides is 3. The van der Waals surface area contributed by atoms with Crippen molar-refractivity contribution in [2.75, 3.05) is 26.2 Å². The lowest BCUT2D eigenvalue weighted by Crippen LogP contribution is -2.50. The number of halogens is 4. The minimum absolute atomic E-state index is 0.0295. The molecule has 11 heteroatoms. The van der Waals surface area contributed by atoms with Crippen LogP contribution in [0.1, 0.15) is 15.9 Å². The molecule has 28 heavy (non-hydrogen) atoms. The molecule has 3 rings (SSSR count). The second-order valence-electron chi connectivity index (χ2n) is 6.08. The standard InChI is InChI=1S/C17H15ClF3N3O3S/c18-15-4-3-13(10-14(15)17(19,20)21)28(26,27)24-8-6-23(7-9-24)16(25)12-2-1-5-22-11-12/h1-5,10-11H,6-9H2. The van der Waals surface area contributed by atoms with E-state index in [0.29, 0.717) is 11.6 Å². The van der Waals surface area contributed by atoms with Crippen LogP contribution in [-0.4, -0.2) is 54.7 Å². The van der Waals surface area contributed by atoms with Crippen LogP contribution in [0.5, 0.6) is 0 Å². The SMILES string of the molecule is O=C(c1cccnc1)N1CCN(S(=O)(=O)c2ccc(Cl)c(C(F)(F)F)c2)CC1. The van der Waals surface area contributed by atoms with E-state index in [1.54, 1.807) is 12.1 Å². The summed E-state index contributed by atoms with van der Waals surface area (Å²) >= 11 is 5.55. The summed E-state index contributed by atoms with van der Waals surface area (Å²) in [6.07, 6.45) is -1.82. The van der Waals surface area contributed by atoms with E-state index in [2.05, 4.69) is 4.98 Å². The Balaban J connectivity index is 1.76. The largest absolute Gasteiger partial charge is 0.417 e. The average Bonchev–Trinajstić information content (AvgIpc) is 2.67. The molecule has 1 aromatic heterocycles. The molecule has 0 bridgehead atoms. The Hall–Kier alpha value is -2.17. The van der Waals surface area contributed by atoms with Crippen molar-refractivity contribution in [2.45, 2.75) is 11.1 Å². The molecule has 0 atom stereocenters. The highest BCUT2D eigenvalue weighted by Gasteiger charge is 2.36. The van der Waals surface area contributed by atoms with Gasteiger partial charge < -0.3 is 4.90 Å². The molecule has 1 aliphatic heterocycles. The summed E-state index contributed by atoms with van der Waals surface area (Å²) in [6.45, 7) is 0.177. The number of rotatable bonds is 3. The van der Waals surface area contributed by atoms with Gasteiger partial charge in [-0.3, -0.25) is 9.78 Å². The lowest BCUT2D eigenvalue weighted by molar-refractivity contribution is -0.137. The number of aromatic nitrogens is 1. The fourth-order valence-corrected chi connectivity index (χ4v) is 4.51. The first-order chi connectivity index (χ1) is 13.1. The molecule has 0 unspecified atom stereocenters. The van der Waals surface area contributed by atoms with E-state index in [-0.39, 0.29) is 32.1 Å². The summed E-state index contributed by atoms with van der Waals surface area (Å²) in [7, 11) is -4.15. The zero-order chi connectivity index (χ0) is 20.5. The van der Waals surface area contributed by atoms with Gasteiger partial charge in [0.15, 0.2) is 0 Å². The van der Waals surface area contributed by atoms with Gasteiger partial charge in [-0.15, -0.1) is 0 Å². The molecule has 0 radical (unpaired) electrons. The van der Waals surface area contributed by atoms with Crippen LogP contribution in [0.3, 0.4) is 0 Å². The maximum absolute atomic E-state index is 13.0. The van der Waals surface area contributed by atoms with E-state index in [1.807, 2.05) is 0 Å². The first kappa shape index (κ1) is 20.6. The Morgan fingerprint density at radius 2 is 1.79 bits per heavy atom. The fourth-order valence-electron chi connectivity index (χ4n) is 2.83. The van der Waals surface area contributed by atoms with Gasteiger partial charge in [0.25, 0.3) is 5.91 Å². The average molecular weight is 434 g/mol. The first-order valence-corrected chi connectivity index (χ1v) is 9.99. The zero-order valence-corrected chi connectivity index (χ0v) is 15.9. The summed E-state index contributed by atoms with van der Waals surface area (Å²) in [5.74, 6) is -0.281. The lowest BCUT2D eigenvalue weighted by atomic mass is 10.2. The van der Waals surface area contributed by atoms with Gasteiger partial charge in [-0.05, 0) is 30.3 Å². The Morgan fingerprint density at radius 1 is 1.11 bits per heavy atom. The number of hydrogen-bond acceptors (Lipinski definition) is 4. The molecule has 0 aliphatic carbocycles. The van der Waals surface area contributed by atoms with E-state index < -0.39 is 31.7 Å². The summed E-state index contributed by atoms with van der Waals surface area (Å²) in [5.41, 5.74) is -0.827. The van der Waals surface area contributed by atoms with Crippen LogP contribution in [0, 0.1) is 0 Å². The van der Waals surface area contributed by atoms with Gasteiger partial charge in [-0.2, -0.15) is 17.5 Å². The number of benzene rings is 1. The smallest absolute Gasteiger partial charge is 0.336 e. The second-order valence-corrected chi connectivity index (χ2v) is 8.42. The number of piperazine rings is 1. The zero-order valence-electron chi connectivity index (χ0n) is 14.4. The van der Waals surface area contributed by atoms with Gasteiger partial charge in [0, 0.05) is 38.6 Å². The number of carbonyl (C=O) groups is 1. The minimum Gasteiger partial charge on any atom is -0.336 e. The van der Waals surface area contributed by atoms with Gasteiger partial charge in [-0.1, -0.05) is 11.6 Å². The number of sulfonamides is 1. The normalized spacial score (nSPS) is 16.2. The van der Waals surface area contributed by atoms with E-state index >= 15 is 0 Å². The molecular formula is C17H15ClF3N3O3S. The Labute approximate surface area is 164 Å². The van der Waals surface area contributed by atoms with Crippen molar-refractivity contribution in [1.82, 2.24) is 14.2 Å². The van der Waals surface area contributed by atoms with Crippen molar-refractivity contribution in [3.63, 3.8) is 0 Å². The molecule has 1 saturated heterocycles. The third-order valence-corrected chi connectivity index (χ3v) is 6.54. The molecule has 0 saturated carbocycles. The summed E-state index contributed by atoms with van der Waals surface area (Å²) in [6, 6.07) is 5.71. The minimum atomic E-state index is -4.77. The predicted octanol–water partition coefficient (Wildman–Crippen LogP) is 2.90. The Bertz CT molecular complexity index is 976. The third-order valence-electron chi connectivity index (χ3n) is 4.32. The summed E-state index contributed by atoms with van der Waals surface area (Å²) < 4.78 is 65.6. The molecular weight excluding hydrogens is 419 g/mol. The molecule has 1 fully saturated rings. The van der Waals surface area contributed by atoms with E-state index in [4.69, 9.17) is 11.6 Å². The molecule has 0 N–H and O–H groups in total. The van der Waals surface area contributed by atoms with Gasteiger partial charge in [0.1, 0.15) is 0 Å². The molecule has 2 heterocycles. The number of amides is 1. The number of pyridine rings is 1. The highest BCUT2D eigenvalue weighted by atomic mass is 35.5. The van der Waals surface area contributed by atoms with Crippen molar-refractivity contribution in [3.8, 4) is 0 Å². The number of hydrogen-bond donors (Lipinski definition) is 0. The highest BCUT2D eigenvalue weighted by Crippen LogP contribution is 2.36. The van der Waals surface area contributed by atoms with E-state index in [9.17, 15) is 26.4 Å². The molecule has 1 aromatic carbocycles. The highest BCUT2D eigenvalue weighted by molar-refractivity contribution is 7.89. The van der Waals surface area contributed by atoms with E-state index in [1.165, 1.54) is 17.3 Å². The van der Waals surface area contributed by atoms with Gasteiger partial charge in [-0.25, -0.2) is 8.42 Å². The fraction of sp³-hybridized carbons (Fsp3) is 0.294. The molecule has 2 aromatic rings. The first-order valence-electron chi connectivity index (χ1n) is 8.17. The second kappa shape index (κ2) is 7.69. The number of nitrogens with zero attached hydrogens (tertiary/aromatic N) is 3. The molecule has 150 valence electrons. The quantitative estimate of drug-likeness (QED) is 0.746. The lowest BCUT2D eigenvalue weighted by Gasteiger charge is -2.34. The monoisotopic (exact) mass is 433 g/mol. The van der Waals surface area contributed by atoms with Gasteiger partial charge in [0.2, 0.25) is 10.0 Å². The van der Waals surface area contributed by atoms with Crippen LogP contribution in [-0.2, 0) is 16.2 Å². The Kier molecular flexibility index (Phi) is 5.64. The molecule has 0 spiro atoms. The maximum atomic E-state index is 13.0. The van der Waals surface area contributed by atoms with Crippen molar-refractivity contribution >= 4 is 27.5 Å². The maximum Gasteiger partial charge on any atom is 0.417 e. The van der Waals surface area contributed by atoms with Crippen LogP contribution in [0.2, 0.25) is 5.02 Å². The van der Waals surface area contributed by atoms with Crippen LogP contribution < -0.4 is 0 Å². The topological polar surface area (TPSA) is 70.6 Å². The van der Waals surface area contributed by atoms with Crippen molar-refractivity contribution < 1.29 is 26.4 Å². The van der Waals surface area contributed by atoms with Crippen LogP contribution in [0.15, 0.2) is 47.6 Å². The van der Waals surface area contributed by atoms with Crippen LogP contribution >= 0.6 is 11.6 Å². The van der Waals surface area contributed by atoms with Crippen molar-refractivity contribution in [2.24, 2.45) is 0 Å². The molecule has 1 amide bonds. The number of carbonyl (C=O) groups excluding carboxylic acids is 1.